The summed E-state index contributed by atoms with van der Waals surface area (Å²) < 4.78 is 0. The van der Waals surface area contributed by atoms with E-state index >= 15 is 0 Å². The van der Waals surface area contributed by atoms with Gasteiger partial charge in [-0.2, -0.15) is 0 Å². The zero-order chi connectivity index (χ0) is 24.0. The Bertz CT molecular complexity index is 1610. The first-order chi connectivity index (χ1) is 17.2. The van der Waals surface area contributed by atoms with Crippen LogP contribution in [0, 0.1) is 6.92 Å². The van der Waals surface area contributed by atoms with Crippen LogP contribution in [-0.2, 0) is 0 Å². The molecule has 0 bridgehead atoms. The molecule has 6 rings (SSSR count). The summed E-state index contributed by atoms with van der Waals surface area (Å²) in [5, 5.41) is 8.47. The van der Waals surface area contributed by atoms with Crippen LogP contribution in [0.1, 0.15) is 29.2 Å². The Balaban J connectivity index is 1.84. The number of hydrogen-bond acceptors (Lipinski definition) is 0. The monoisotopic (exact) mass is 464 g/mol. The SMILES string of the molecule is C=Cc1ccccc1C1=C(C)[Si](c2ccccc2)(c2ccc(C)cc2)c2ccc3ccccc3c21. The maximum absolute atomic E-state index is 4.16. The zero-order valence-corrected chi connectivity index (χ0v) is 21.3. The van der Waals surface area contributed by atoms with Crippen molar-refractivity contribution in [2.45, 2.75) is 13.8 Å². The highest BCUT2D eigenvalue weighted by atomic mass is 28.3. The van der Waals surface area contributed by atoms with Crippen LogP contribution >= 0.6 is 0 Å². The quantitative estimate of drug-likeness (QED) is 0.262. The van der Waals surface area contributed by atoms with Crippen LogP contribution in [0.3, 0.4) is 0 Å². The number of aryl methyl sites for hydroxylation is 1. The molecule has 0 spiro atoms. The zero-order valence-electron chi connectivity index (χ0n) is 20.3. The average molecular weight is 465 g/mol. The summed E-state index contributed by atoms with van der Waals surface area (Å²) in [7, 11) is -2.48. The van der Waals surface area contributed by atoms with Crippen molar-refractivity contribution in [2.24, 2.45) is 0 Å². The number of benzene rings is 5. The molecule has 1 aliphatic heterocycles. The first-order valence-electron chi connectivity index (χ1n) is 12.2. The maximum Gasteiger partial charge on any atom is 0.176 e. The van der Waals surface area contributed by atoms with Gasteiger partial charge in [0.2, 0.25) is 0 Å². The minimum absolute atomic E-state index is 1.18. The number of fused-ring (bicyclic) bond motifs is 3. The predicted molar refractivity (Wildman–Crippen MR) is 154 cm³/mol. The van der Waals surface area contributed by atoms with Crippen LogP contribution in [-0.4, -0.2) is 8.07 Å². The van der Waals surface area contributed by atoms with E-state index in [9.17, 15) is 0 Å². The van der Waals surface area contributed by atoms with E-state index in [1.165, 1.54) is 59.4 Å². The van der Waals surface area contributed by atoms with E-state index in [1.807, 2.05) is 6.08 Å². The van der Waals surface area contributed by atoms with Crippen LogP contribution in [0.15, 0.2) is 127 Å². The van der Waals surface area contributed by atoms with Gasteiger partial charge in [0.1, 0.15) is 0 Å². The lowest BCUT2D eigenvalue weighted by molar-refractivity contribution is 1.48. The molecule has 1 atom stereocenters. The van der Waals surface area contributed by atoms with Crippen molar-refractivity contribution in [3.8, 4) is 0 Å². The van der Waals surface area contributed by atoms with Crippen LogP contribution in [0.5, 0.6) is 0 Å². The van der Waals surface area contributed by atoms with Crippen molar-refractivity contribution in [1.29, 1.82) is 0 Å². The Morgan fingerprint density at radius 1 is 0.629 bits per heavy atom. The van der Waals surface area contributed by atoms with Gasteiger partial charge in [-0.25, -0.2) is 0 Å². The molecule has 168 valence electrons. The molecule has 0 saturated heterocycles. The van der Waals surface area contributed by atoms with Crippen LogP contribution in [0.4, 0.5) is 0 Å². The van der Waals surface area contributed by atoms with E-state index in [-0.39, 0.29) is 0 Å². The van der Waals surface area contributed by atoms with Gasteiger partial charge in [-0.3, -0.25) is 0 Å². The lowest BCUT2D eigenvalue weighted by Gasteiger charge is -2.32. The lowest BCUT2D eigenvalue weighted by Crippen LogP contribution is -2.67. The first kappa shape index (κ1) is 21.6. The van der Waals surface area contributed by atoms with Gasteiger partial charge in [-0.05, 0) is 62.4 Å². The Hall–Kier alpha value is -3.94. The summed E-state index contributed by atoms with van der Waals surface area (Å²) in [6, 6.07) is 42.8. The van der Waals surface area contributed by atoms with Gasteiger partial charge in [-0.1, -0.05) is 139 Å². The molecule has 35 heavy (non-hydrogen) atoms. The Morgan fingerprint density at radius 2 is 1.29 bits per heavy atom. The van der Waals surface area contributed by atoms with Gasteiger partial charge >= 0.3 is 0 Å². The molecule has 0 nitrogen and oxygen atoms in total. The van der Waals surface area contributed by atoms with E-state index in [1.54, 1.807) is 0 Å². The third-order valence-corrected chi connectivity index (χ3v) is 12.7. The molecule has 5 aromatic carbocycles. The minimum atomic E-state index is -2.48. The molecular weight excluding hydrogens is 436 g/mol. The Labute approximate surface area is 208 Å². The van der Waals surface area contributed by atoms with Gasteiger partial charge in [0.05, 0.1) is 0 Å². The average Bonchev–Trinajstić information content (AvgIpc) is 3.18. The molecule has 1 unspecified atom stereocenters. The molecule has 5 aromatic rings. The highest BCUT2D eigenvalue weighted by Gasteiger charge is 2.49. The van der Waals surface area contributed by atoms with E-state index < -0.39 is 8.07 Å². The summed E-state index contributed by atoms with van der Waals surface area (Å²) in [5.41, 5.74) is 6.52. The summed E-state index contributed by atoms with van der Waals surface area (Å²) in [6.45, 7) is 8.72. The van der Waals surface area contributed by atoms with E-state index in [0.717, 1.165) is 0 Å². The Morgan fingerprint density at radius 3 is 2.06 bits per heavy atom. The molecule has 0 radical (unpaired) electrons. The van der Waals surface area contributed by atoms with E-state index in [0.29, 0.717) is 0 Å². The standard InChI is InChI=1S/C34H28Si/c1-4-26-12-8-10-16-30(26)33-25(3)35(28-14-6-5-7-15-28,29-21-18-24(2)19-22-29)32-23-20-27-13-9-11-17-31(27)34(32)33/h4-23H,1H2,2-3H3. The molecule has 0 N–H and O–H groups in total. The second-order valence-corrected chi connectivity index (χ2v) is 13.4. The fourth-order valence-electron chi connectivity index (χ4n) is 6.07. The van der Waals surface area contributed by atoms with Gasteiger partial charge in [0, 0.05) is 0 Å². The van der Waals surface area contributed by atoms with Crippen LogP contribution < -0.4 is 15.6 Å². The molecule has 0 aliphatic carbocycles. The van der Waals surface area contributed by atoms with Gasteiger partial charge < -0.3 is 0 Å². The minimum Gasteiger partial charge on any atom is -0.0984 e. The van der Waals surface area contributed by atoms with E-state index in [2.05, 4.69) is 136 Å². The first-order valence-corrected chi connectivity index (χ1v) is 14.2. The largest absolute Gasteiger partial charge is 0.176 e. The van der Waals surface area contributed by atoms with Gasteiger partial charge in [-0.15, -0.1) is 0 Å². The molecule has 0 amide bonds. The van der Waals surface area contributed by atoms with Crippen molar-refractivity contribution in [3.63, 3.8) is 0 Å². The van der Waals surface area contributed by atoms with Gasteiger partial charge in [0.25, 0.3) is 0 Å². The number of rotatable bonds is 4. The highest BCUT2D eigenvalue weighted by molar-refractivity contribution is 7.18. The summed E-state index contributed by atoms with van der Waals surface area (Å²) in [5.74, 6) is 0. The third kappa shape index (κ3) is 3.12. The fraction of sp³-hybridized carbons (Fsp3) is 0.0588. The number of allylic oxidation sites excluding steroid dienone is 1. The lowest BCUT2D eigenvalue weighted by atomic mass is 9.90. The fourth-order valence-corrected chi connectivity index (χ4v) is 11.3. The number of hydrogen-bond donors (Lipinski definition) is 0. The second kappa shape index (κ2) is 8.37. The molecule has 1 aliphatic rings. The summed E-state index contributed by atoms with van der Waals surface area (Å²) in [6.07, 6.45) is 2.00. The molecular formula is C34H28Si. The normalized spacial score (nSPS) is 17.0. The second-order valence-electron chi connectivity index (χ2n) is 9.48. The smallest absolute Gasteiger partial charge is 0.0984 e. The van der Waals surface area contributed by atoms with Crippen LogP contribution in [0.2, 0.25) is 0 Å². The van der Waals surface area contributed by atoms with Crippen molar-refractivity contribution in [3.05, 3.63) is 149 Å². The Kier molecular flexibility index (Phi) is 5.16. The molecule has 1 heteroatoms. The predicted octanol–water partition coefficient (Wildman–Crippen LogP) is 6.64. The van der Waals surface area contributed by atoms with Gasteiger partial charge in [0.15, 0.2) is 8.07 Å². The topological polar surface area (TPSA) is 0 Å². The van der Waals surface area contributed by atoms with Crippen molar-refractivity contribution < 1.29 is 0 Å². The van der Waals surface area contributed by atoms with Crippen LogP contribution in [0.25, 0.3) is 22.4 Å². The highest BCUT2D eigenvalue weighted by Crippen LogP contribution is 2.42. The molecule has 1 heterocycles. The maximum atomic E-state index is 4.16. The molecule has 0 fully saturated rings. The van der Waals surface area contributed by atoms with Crippen molar-refractivity contribution >= 4 is 46.1 Å². The van der Waals surface area contributed by atoms with Crippen molar-refractivity contribution in [2.75, 3.05) is 0 Å². The third-order valence-electron chi connectivity index (χ3n) is 7.66. The van der Waals surface area contributed by atoms with Crippen molar-refractivity contribution in [1.82, 2.24) is 0 Å². The summed E-state index contributed by atoms with van der Waals surface area (Å²) in [4.78, 5) is 0. The molecule has 0 saturated carbocycles. The van der Waals surface area contributed by atoms with E-state index in [4.69, 9.17) is 0 Å². The summed E-state index contributed by atoms with van der Waals surface area (Å²) >= 11 is 0. The molecule has 0 aromatic heterocycles.